The van der Waals surface area contributed by atoms with E-state index in [9.17, 15) is 9.59 Å². The monoisotopic (exact) mass is 225 g/mol. The summed E-state index contributed by atoms with van der Waals surface area (Å²) in [6.45, 7) is 7.60. The summed E-state index contributed by atoms with van der Waals surface area (Å²) in [6.07, 6.45) is 2.09. The zero-order chi connectivity index (χ0) is 12.7. The van der Waals surface area contributed by atoms with Crippen LogP contribution in [0.3, 0.4) is 0 Å². The number of rotatable bonds is 5. The van der Waals surface area contributed by atoms with E-state index < -0.39 is 11.9 Å². The first-order chi connectivity index (χ1) is 7.38. The lowest BCUT2D eigenvalue weighted by molar-refractivity contribution is -0.154. The van der Waals surface area contributed by atoms with Crippen LogP contribution >= 0.6 is 0 Å². The minimum atomic E-state index is -0.645. The lowest BCUT2D eigenvalue weighted by Crippen LogP contribution is -2.19. The van der Waals surface area contributed by atoms with Crippen molar-refractivity contribution >= 4 is 11.9 Å². The molecule has 0 saturated carbocycles. The lowest BCUT2D eigenvalue weighted by Gasteiger charge is -2.10. The Bertz CT molecular complexity index is 316. The van der Waals surface area contributed by atoms with Gasteiger partial charge in [-0.15, -0.1) is 0 Å². The minimum Gasteiger partial charge on any atom is -0.386 e. The standard InChI is InChI=1S/C12H19NO3/c1-6-9(2)11(14)16-12(15)10(3)7-8-13(4)5/h6H,3,7-8H2,1-2,4-5H3. The van der Waals surface area contributed by atoms with Gasteiger partial charge in [-0.2, -0.15) is 0 Å². The second-order valence-corrected chi connectivity index (χ2v) is 3.81. The Morgan fingerprint density at radius 3 is 2.31 bits per heavy atom. The molecule has 4 nitrogen and oxygen atoms in total. The van der Waals surface area contributed by atoms with Crippen molar-refractivity contribution < 1.29 is 14.3 Å². The van der Waals surface area contributed by atoms with Gasteiger partial charge in [-0.05, 0) is 34.4 Å². The van der Waals surface area contributed by atoms with Crippen LogP contribution in [-0.4, -0.2) is 37.5 Å². The molecule has 0 aromatic heterocycles. The molecule has 0 rings (SSSR count). The molecule has 0 aromatic rings. The van der Waals surface area contributed by atoms with Crippen LogP contribution in [0.15, 0.2) is 23.8 Å². The Balaban J connectivity index is 4.16. The number of nitrogens with zero attached hydrogens (tertiary/aromatic N) is 1. The third-order valence-corrected chi connectivity index (χ3v) is 2.09. The summed E-state index contributed by atoms with van der Waals surface area (Å²) in [5.41, 5.74) is 0.722. The highest BCUT2D eigenvalue weighted by molar-refractivity contribution is 6.01. The molecule has 90 valence electrons. The van der Waals surface area contributed by atoms with E-state index in [0.29, 0.717) is 24.1 Å². The predicted molar refractivity (Wildman–Crippen MR) is 62.8 cm³/mol. The zero-order valence-corrected chi connectivity index (χ0v) is 10.4. The highest BCUT2D eigenvalue weighted by Crippen LogP contribution is 2.04. The van der Waals surface area contributed by atoms with Crippen molar-refractivity contribution in [1.82, 2.24) is 4.90 Å². The molecule has 0 fully saturated rings. The molecular weight excluding hydrogens is 206 g/mol. The fraction of sp³-hybridized carbons (Fsp3) is 0.500. The number of carbonyl (C=O) groups is 2. The number of esters is 2. The summed E-state index contributed by atoms with van der Waals surface area (Å²) < 4.78 is 4.63. The van der Waals surface area contributed by atoms with Crippen molar-refractivity contribution in [2.45, 2.75) is 20.3 Å². The fourth-order valence-electron chi connectivity index (χ4n) is 0.815. The number of allylic oxidation sites excluding steroid dienone is 1. The van der Waals surface area contributed by atoms with Crippen molar-refractivity contribution in [1.29, 1.82) is 0 Å². The Kier molecular flexibility index (Phi) is 6.34. The van der Waals surface area contributed by atoms with E-state index >= 15 is 0 Å². The summed E-state index contributed by atoms with van der Waals surface area (Å²) in [5.74, 6) is -1.26. The van der Waals surface area contributed by atoms with Gasteiger partial charge in [0.15, 0.2) is 0 Å². The maximum atomic E-state index is 11.4. The smallest absolute Gasteiger partial charge is 0.341 e. The summed E-state index contributed by atoms with van der Waals surface area (Å²) in [6, 6.07) is 0. The minimum absolute atomic E-state index is 0.311. The molecule has 0 bridgehead atoms. The van der Waals surface area contributed by atoms with Crippen molar-refractivity contribution in [2.24, 2.45) is 0 Å². The Morgan fingerprint density at radius 1 is 1.31 bits per heavy atom. The third kappa shape index (κ3) is 5.46. The molecule has 0 aliphatic rings. The molecule has 0 heterocycles. The molecule has 0 atom stereocenters. The highest BCUT2D eigenvalue weighted by atomic mass is 16.6. The number of hydrogen-bond donors (Lipinski definition) is 0. The first kappa shape index (κ1) is 14.6. The van der Waals surface area contributed by atoms with Gasteiger partial charge in [-0.25, -0.2) is 9.59 Å². The molecule has 4 heteroatoms. The normalized spacial score (nSPS) is 11.4. The topological polar surface area (TPSA) is 46.6 Å². The zero-order valence-electron chi connectivity index (χ0n) is 10.4. The maximum absolute atomic E-state index is 11.4. The van der Waals surface area contributed by atoms with Crippen LogP contribution in [0.25, 0.3) is 0 Å². The molecule has 0 unspecified atom stereocenters. The first-order valence-electron chi connectivity index (χ1n) is 5.10. The van der Waals surface area contributed by atoms with E-state index in [1.807, 2.05) is 19.0 Å². The second kappa shape index (κ2) is 6.95. The van der Waals surface area contributed by atoms with Crippen LogP contribution < -0.4 is 0 Å². The van der Waals surface area contributed by atoms with E-state index in [1.165, 1.54) is 0 Å². The molecule has 0 N–H and O–H groups in total. The summed E-state index contributed by atoms with van der Waals surface area (Å²) in [7, 11) is 3.79. The van der Waals surface area contributed by atoms with Gasteiger partial charge in [0.25, 0.3) is 0 Å². The average molecular weight is 225 g/mol. The number of hydrogen-bond acceptors (Lipinski definition) is 4. The summed E-state index contributed by atoms with van der Waals surface area (Å²) in [4.78, 5) is 24.6. The molecule has 0 aliphatic heterocycles. The maximum Gasteiger partial charge on any atom is 0.341 e. The first-order valence-corrected chi connectivity index (χ1v) is 5.10. The van der Waals surface area contributed by atoms with Crippen LogP contribution in [0.1, 0.15) is 20.3 Å². The Morgan fingerprint density at radius 2 is 1.88 bits per heavy atom. The fourth-order valence-corrected chi connectivity index (χ4v) is 0.815. The van der Waals surface area contributed by atoms with Gasteiger partial charge in [0, 0.05) is 17.7 Å². The molecule has 0 spiro atoms. The summed E-state index contributed by atoms with van der Waals surface area (Å²) >= 11 is 0. The third-order valence-electron chi connectivity index (χ3n) is 2.09. The van der Waals surface area contributed by atoms with E-state index in [-0.39, 0.29) is 0 Å². The van der Waals surface area contributed by atoms with Crippen LogP contribution in [0.2, 0.25) is 0 Å². The lowest BCUT2D eigenvalue weighted by atomic mass is 10.2. The number of carbonyl (C=O) groups excluding carboxylic acids is 2. The largest absolute Gasteiger partial charge is 0.386 e. The van der Waals surface area contributed by atoms with Crippen LogP contribution in [0.5, 0.6) is 0 Å². The molecule has 0 aliphatic carbocycles. The summed E-state index contributed by atoms with van der Waals surface area (Å²) in [5, 5.41) is 0. The number of ether oxygens (including phenoxy) is 1. The second-order valence-electron chi connectivity index (χ2n) is 3.81. The van der Waals surface area contributed by atoms with Crippen LogP contribution in [0, 0.1) is 0 Å². The highest BCUT2D eigenvalue weighted by Gasteiger charge is 2.14. The van der Waals surface area contributed by atoms with Gasteiger partial charge < -0.3 is 9.64 Å². The molecule has 0 saturated heterocycles. The SMILES string of the molecule is C=C(CCN(C)C)C(=O)OC(=O)C(C)=CC. The van der Waals surface area contributed by atoms with Gasteiger partial charge in [-0.1, -0.05) is 12.7 Å². The average Bonchev–Trinajstić information content (AvgIpc) is 2.24. The van der Waals surface area contributed by atoms with Gasteiger partial charge in [0.05, 0.1) is 0 Å². The van der Waals surface area contributed by atoms with E-state index in [4.69, 9.17) is 0 Å². The van der Waals surface area contributed by atoms with Gasteiger partial charge in [0.2, 0.25) is 0 Å². The van der Waals surface area contributed by atoms with E-state index in [1.54, 1.807) is 19.9 Å². The molecule has 16 heavy (non-hydrogen) atoms. The molecule has 0 amide bonds. The van der Waals surface area contributed by atoms with Crippen molar-refractivity contribution in [3.8, 4) is 0 Å². The quantitative estimate of drug-likeness (QED) is 0.404. The van der Waals surface area contributed by atoms with Crippen LogP contribution in [-0.2, 0) is 14.3 Å². The van der Waals surface area contributed by atoms with Gasteiger partial charge in [0.1, 0.15) is 0 Å². The van der Waals surface area contributed by atoms with Crippen molar-refractivity contribution in [3.63, 3.8) is 0 Å². The predicted octanol–water partition coefficient (Wildman–Crippen LogP) is 1.53. The van der Waals surface area contributed by atoms with Crippen molar-refractivity contribution in [2.75, 3.05) is 20.6 Å². The molecular formula is C12H19NO3. The Labute approximate surface area is 96.6 Å². The Hall–Kier alpha value is -1.42. The van der Waals surface area contributed by atoms with E-state index in [0.717, 1.165) is 0 Å². The van der Waals surface area contributed by atoms with Crippen molar-refractivity contribution in [3.05, 3.63) is 23.8 Å². The van der Waals surface area contributed by atoms with Crippen LogP contribution in [0.4, 0.5) is 0 Å². The molecule has 0 aromatic carbocycles. The van der Waals surface area contributed by atoms with Gasteiger partial charge in [-0.3, -0.25) is 0 Å². The van der Waals surface area contributed by atoms with Gasteiger partial charge >= 0.3 is 11.9 Å². The molecule has 0 radical (unpaired) electrons. The van der Waals surface area contributed by atoms with E-state index in [2.05, 4.69) is 11.3 Å².